The third-order valence-electron chi connectivity index (χ3n) is 4.06. The number of aromatic nitrogens is 1. The van der Waals surface area contributed by atoms with Crippen LogP contribution in [-0.2, 0) is 4.74 Å². The second-order valence-corrected chi connectivity index (χ2v) is 8.17. The summed E-state index contributed by atoms with van der Waals surface area (Å²) in [5.41, 5.74) is 1.26. The summed E-state index contributed by atoms with van der Waals surface area (Å²) in [5.74, 6) is 1.02. The Balaban J connectivity index is 2.27. The number of para-hydroxylation sites is 1. The lowest BCUT2D eigenvalue weighted by Crippen LogP contribution is -2.37. The Bertz CT molecular complexity index is 737. The number of hydrogen-bond acceptors (Lipinski definition) is 5. The zero-order chi connectivity index (χ0) is 19.3. The molecular formula is C20H28N2O3S. The average Bonchev–Trinajstić information content (AvgIpc) is 3.07. The molecule has 0 aliphatic heterocycles. The van der Waals surface area contributed by atoms with E-state index in [2.05, 4.69) is 19.2 Å². The van der Waals surface area contributed by atoms with Crippen molar-refractivity contribution in [3.63, 3.8) is 0 Å². The van der Waals surface area contributed by atoms with Crippen LogP contribution >= 0.6 is 11.3 Å². The van der Waals surface area contributed by atoms with Gasteiger partial charge in [0.1, 0.15) is 16.4 Å². The van der Waals surface area contributed by atoms with Gasteiger partial charge in [-0.3, -0.25) is 0 Å². The van der Waals surface area contributed by atoms with Crippen LogP contribution in [0.3, 0.4) is 0 Å². The molecule has 6 heteroatoms. The molecule has 0 aliphatic carbocycles. The van der Waals surface area contributed by atoms with E-state index >= 15 is 0 Å². The molecule has 0 radical (unpaired) electrons. The highest BCUT2D eigenvalue weighted by Gasteiger charge is 2.26. The maximum Gasteiger partial charge on any atom is 0.408 e. The van der Waals surface area contributed by atoms with Crippen LogP contribution in [-0.4, -0.2) is 23.8 Å². The molecule has 1 heterocycles. The summed E-state index contributed by atoms with van der Waals surface area (Å²) in [6.07, 6.45) is 0.501. The summed E-state index contributed by atoms with van der Waals surface area (Å²) < 4.78 is 10.9. The molecule has 2 rings (SSSR count). The van der Waals surface area contributed by atoms with E-state index in [0.717, 1.165) is 28.4 Å². The topological polar surface area (TPSA) is 60.5 Å². The molecule has 0 saturated carbocycles. The van der Waals surface area contributed by atoms with E-state index in [1.165, 1.54) is 11.3 Å². The number of benzene rings is 1. The zero-order valence-electron chi connectivity index (χ0n) is 16.3. The Morgan fingerprint density at radius 2 is 2.00 bits per heavy atom. The van der Waals surface area contributed by atoms with Gasteiger partial charge in [0.2, 0.25) is 0 Å². The molecule has 0 fully saturated rings. The zero-order valence-corrected chi connectivity index (χ0v) is 17.1. The molecule has 1 amide bonds. The van der Waals surface area contributed by atoms with E-state index in [4.69, 9.17) is 14.5 Å². The molecule has 142 valence electrons. The maximum absolute atomic E-state index is 12.3. The van der Waals surface area contributed by atoms with Gasteiger partial charge in [0.05, 0.1) is 18.8 Å². The molecule has 1 aromatic carbocycles. The van der Waals surface area contributed by atoms with Crippen LogP contribution in [0.15, 0.2) is 29.6 Å². The van der Waals surface area contributed by atoms with Gasteiger partial charge in [-0.25, -0.2) is 9.78 Å². The summed E-state index contributed by atoms with van der Waals surface area (Å²) in [6, 6.07) is 7.60. The van der Waals surface area contributed by atoms with Gasteiger partial charge in [-0.2, -0.15) is 0 Å². The van der Waals surface area contributed by atoms with Gasteiger partial charge in [-0.15, -0.1) is 11.3 Å². The highest BCUT2D eigenvalue weighted by Crippen LogP contribution is 2.34. The van der Waals surface area contributed by atoms with Gasteiger partial charge < -0.3 is 14.8 Å². The van der Waals surface area contributed by atoms with Crippen LogP contribution in [0.5, 0.6) is 5.75 Å². The summed E-state index contributed by atoms with van der Waals surface area (Å²) in [4.78, 5) is 17.0. The number of rotatable bonds is 6. The number of thiazole rings is 1. The van der Waals surface area contributed by atoms with Crippen molar-refractivity contribution >= 4 is 17.4 Å². The van der Waals surface area contributed by atoms with Crippen molar-refractivity contribution in [2.24, 2.45) is 5.92 Å². The van der Waals surface area contributed by atoms with Gasteiger partial charge in [0.15, 0.2) is 0 Å². The number of alkyl carbamates (subject to hydrolysis) is 1. The Hall–Kier alpha value is -2.08. The van der Waals surface area contributed by atoms with Gasteiger partial charge in [-0.1, -0.05) is 32.4 Å². The smallest absolute Gasteiger partial charge is 0.408 e. The van der Waals surface area contributed by atoms with E-state index in [1.807, 2.05) is 50.4 Å². The first kappa shape index (κ1) is 20.2. The quantitative estimate of drug-likeness (QED) is 0.730. The van der Waals surface area contributed by atoms with Crippen LogP contribution < -0.4 is 10.1 Å². The number of carbonyl (C=O) groups is 1. The second kappa shape index (κ2) is 8.54. The SMILES string of the molecule is CCC(C)C(NC(=O)OC(C)(C)C)c1nc(-c2ccccc2OC)cs1. The van der Waals surface area contributed by atoms with Crippen LogP contribution in [0.1, 0.15) is 52.1 Å². The lowest BCUT2D eigenvalue weighted by molar-refractivity contribution is 0.0486. The summed E-state index contributed by atoms with van der Waals surface area (Å²) in [7, 11) is 1.65. The monoisotopic (exact) mass is 376 g/mol. The van der Waals surface area contributed by atoms with Crippen LogP contribution in [0, 0.1) is 5.92 Å². The highest BCUT2D eigenvalue weighted by atomic mass is 32.1. The standard InChI is InChI=1S/C20H28N2O3S/c1-7-13(2)17(22-19(23)25-20(3,4)5)18-21-15(12-26-18)14-10-8-9-11-16(14)24-6/h8-13,17H,7H2,1-6H3,(H,22,23). The van der Waals surface area contributed by atoms with Crippen molar-refractivity contribution in [3.05, 3.63) is 34.7 Å². The van der Waals surface area contributed by atoms with Crippen LogP contribution in [0.4, 0.5) is 4.79 Å². The minimum absolute atomic E-state index is 0.191. The minimum Gasteiger partial charge on any atom is -0.496 e. The largest absolute Gasteiger partial charge is 0.496 e. The highest BCUT2D eigenvalue weighted by molar-refractivity contribution is 7.10. The number of carbonyl (C=O) groups excluding carboxylic acids is 1. The van der Waals surface area contributed by atoms with Crippen molar-refractivity contribution in [3.8, 4) is 17.0 Å². The molecular weight excluding hydrogens is 348 g/mol. The van der Waals surface area contributed by atoms with Crippen molar-refractivity contribution < 1.29 is 14.3 Å². The molecule has 2 atom stereocenters. The lowest BCUT2D eigenvalue weighted by Gasteiger charge is -2.25. The number of hydrogen-bond donors (Lipinski definition) is 1. The van der Waals surface area contributed by atoms with Crippen molar-refractivity contribution in [2.75, 3.05) is 7.11 Å². The normalized spacial score (nSPS) is 13.8. The van der Waals surface area contributed by atoms with Gasteiger partial charge in [0, 0.05) is 10.9 Å². The maximum atomic E-state index is 12.3. The summed E-state index contributed by atoms with van der Waals surface area (Å²) in [6.45, 7) is 9.77. The van der Waals surface area contributed by atoms with Crippen LogP contribution in [0.25, 0.3) is 11.3 Å². The predicted molar refractivity (Wildman–Crippen MR) is 106 cm³/mol. The first-order chi connectivity index (χ1) is 12.2. The second-order valence-electron chi connectivity index (χ2n) is 7.28. The summed E-state index contributed by atoms with van der Waals surface area (Å²) in [5, 5.41) is 5.86. The molecule has 2 unspecified atom stereocenters. The molecule has 0 bridgehead atoms. The number of ether oxygens (including phenoxy) is 2. The molecule has 5 nitrogen and oxygen atoms in total. The third kappa shape index (κ3) is 5.21. The van der Waals surface area contributed by atoms with E-state index < -0.39 is 11.7 Å². The van der Waals surface area contributed by atoms with Gasteiger partial charge in [0.25, 0.3) is 0 Å². The third-order valence-corrected chi connectivity index (χ3v) is 4.98. The Labute approximate surface area is 159 Å². The average molecular weight is 377 g/mol. The lowest BCUT2D eigenvalue weighted by atomic mass is 10.00. The number of methoxy groups -OCH3 is 1. The number of nitrogens with zero attached hydrogens (tertiary/aromatic N) is 1. The van der Waals surface area contributed by atoms with Crippen molar-refractivity contribution in [1.29, 1.82) is 0 Å². The molecule has 1 aromatic heterocycles. The Morgan fingerprint density at radius 1 is 1.31 bits per heavy atom. The molecule has 2 aromatic rings. The first-order valence-electron chi connectivity index (χ1n) is 8.83. The molecule has 0 spiro atoms. The van der Waals surface area contributed by atoms with Crippen molar-refractivity contribution in [1.82, 2.24) is 10.3 Å². The van der Waals surface area contributed by atoms with E-state index in [1.54, 1.807) is 7.11 Å². The molecule has 26 heavy (non-hydrogen) atoms. The fraction of sp³-hybridized carbons (Fsp3) is 0.500. The van der Waals surface area contributed by atoms with Crippen LogP contribution in [0.2, 0.25) is 0 Å². The predicted octanol–water partition coefficient (Wildman–Crippen LogP) is 5.43. The van der Waals surface area contributed by atoms with Gasteiger partial charge in [-0.05, 0) is 38.8 Å². The van der Waals surface area contributed by atoms with E-state index in [0.29, 0.717) is 0 Å². The minimum atomic E-state index is -0.532. The fourth-order valence-corrected chi connectivity index (χ4v) is 3.53. The molecule has 0 aliphatic rings. The fourth-order valence-electron chi connectivity index (χ4n) is 2.53. The van der Waals surface area contributed by atoms with Gasteiger partial charge >= 0.3 is 6.09 Å². The summed E-state index contributed by atoms with van der Waals surface area (Å²) >= 11 is 1.54. The van der Waals surface area contributed by atoms with E-state index in [-0.39, 0.29) is 12.0 Å². The molecule has 1 N–H and O–H groups in total. The molecule has 0 saturated heterocycles. The Kier molecular flexibility index (Phi) is 6.64. The van der Waals surface area contributed by atoms with Crippen molar-refractivity contribution in [2.45, 2.75) is 52.7 Å². The van der Waals surface area contributed by atoms with E-state index in [9.17, 15) is 4.79 Å². The Morgan fingerprint density at radius 3 is 2.62 bits per heavy atom. The number of amides is 1. The first-order valence-corrected chi connectivity index (χ1v) is 9.71. The number of nitrogens with one attached hydrogen (secondary N) is 1.